The lowest BCUT2D eigenvalue weighted by atomic mass is 10.1. The second kappa shape index (κ2) is 9.55. The highest BCUT2D eigenvalue weighted by molar-refractivity contribution is 5.97. The molecule has 0 aliphatic rings. The van der Waals surface area contributed by atoms with Crippen molar-refractivity contribution >= 4 is 23.8 Å². The van der Waals surface area contributed by atoms with E-state index in [4.69, 9.17) is 0 Å². The first-order valence-electron chi connectivity index (χ1n) is 7.63. The lowest BCUT2D eigenvalue weighted by Crippen LogP contribution is -2.44. The molecule has 0 unspecified atom stereocenters. The Hall–Kier alpha value is -3.11. The highest BCUT2D eigenvalue weighted by Gasteiger charge is 2.28. The van der Waals surface area contributed by atoms with E-state index in [0.717, 1.165) is 11.1 Å². The molecule has 0 radical (unpaired) electrons. The smallest absolute Gasteiger partial charge is 0.405 e. The number of nitrogens with one attached hydrogen (secondary N) is 3. The first-order valence-corrected chi connectivity index (χ1v) is 7.63. The maximum Gasteiger partial charge on any atom is 0.405 e. The molecular formula is C16H18F3N3O5. The van der Waals surface area contributed by atoms with Crippen molar-refractivity contribution in [1.29, 1.82) is 0 Å². The van der Waals surface area contributed by atoms with Gasteiger partial charge in [-0.2, -0.15) is 13.2 Å². The fourth-order valence-corrected chi connectivity index (χ4v) is 1.72. The van der Waals surface area contributed by atoms with Gasteiger partial charge in [0.15, 0.2) is 6.61 Å². The van der Waals surface area contributed by atoms with Crippen LogP contribution in [0.5, 0.6) is 0 Å². The molecule has 148 valence electrons. The van der Waals surface area contributed by atoms with Gasteiger partial charge in [0.25, 0.3) is 11.8 Å². The predicted octanol–water partition coefficient (Wildman–Crippen LogP) is 0.965. The minimum Gasteiger partial charge on any atom is -0.454 e. The maximum atomic E-state index is 11.9. The van der Waals surface area contributed by atoms with E-state index >= 15 is 0 Å². The van der Waals surface area contributed by atoms with Gasteiger partial charge in [0.05, 0.1) is 0 Å². The normalized spacial score (nSPS) is 10.7. The van der Waals surface area contributed by atoms with Gasteiger partial charge in [0.2, 0.25) is 0 Å². The Balaban J connectivity index is 2.32. The van der Waals surface area contributed by atoms with Crippen LogP contribution in [-0.4, -0.2) is 49.7 Å². The number of carbonyl (C=O) groups is 4. The van der Waals surface area contributed by atoms with Crippen LogP contribution >= 0.6 is 0 Å². The summed E-state index contributed by atoms with van der Waals surface area (Å²) < 4.78 is 40.2. The molecule has 1 aromatic rings. The molecule has 27 heavy (non-hydrogen) atoms. The van der Waals surface area contributed by atoms with Gasteiger partial charge < -0.3 is 15.4 Å². The van der Waals surface area contributed by atoms with Gasteiger partial charge in [0.1, 0.15) is 13.1 Å². The van der Waals surface area contributed by atoms with E-state index in [1.54, 1.807) is 23.5 Å². The van der Waals surface area contributed by atoms with Crippen LogP contribution < -0.4 is 16.0 Å². The number of hydrogen-bond donors (Lipinski definition) is 3. The van der Waals surface area contributed by atoms with Crippen LogP contribution in [0.25, 0.3) is 0 Å². The van der Waals surface area contributed by atoms with Gasteiger partial charge in [-0.15, -0.1) is 0 Å². The van der Waals surface area contributed by atoms with Crippen molar-refractivity contribution in [3.05, 3.63) is 34.9 Å². The lowest BCUT2D eigenvalue weighted by molar-refractivity contribution is -0.147. The minimum absolute atomic E-state index is 0.338. The molecule has 8 nitrogen and oxygen atoms in total. The van der Waals surface area contributed by atoms with Crippen molar-refractivity contribution in [1.82, 2.24) is 16.0 Å². The molecule has 0 spiro atoms. The zero-order valence-electron chi connectivity index (χ0n) is 14.5. The Kier molecular flexibility index (Phi) is 7.76. The molecule has 1 aromatic carbocycles. The molecule has 3 N–H and O–H groups in total. The fourth-order valence-electron chi connectivity index (χ4n) is 1.72. The molecule has 0 aromatic heterocycles. The van der Waals surface area contributed by atoms with Crippen LogP contribution in [0.1, 0.15) is 21.5 Å². The number of alkyl halides is 3. The number of urea groups is 1. The number of ether oxygens (including phenoxy) is 1. The molecule has 1 rings (SSSR count). The number of halogens is 3. The van der Waals surface area contributed by atoms with Gasteiger partial charge >= 0.3 is 18.2 Å². The predicted molar refractivity (Wildman–Crippen MR) is 86.8 cm³/mol. The molecule has 4 amide bonds. The van der Waals surface area contributed by atoms with E-state index in [0.29, 0.717) is 5.56 Å². The Labute approximate surface area is 152 Å². The van der Waals surface area contributed by atoms with E-state index in [2.05, 4.69) is 10.1 Å². The fraction of sp³-hybridized carbons (Fsp3) is 0.375. The summed E-state index contributed by atoms with van der Waals surface area (Å²) in [5.41, 5.74) is 2.23. The van der Waals surface area contributed by atoms with Gasteiger partial charge in [-0.05, 0) is 37.1 Å². The zero-order valence-corrected chi connectivity index (χ0v) is 14.5. The third-order valence-electron chi connectivity index (χ3n) is 3.23. The Morgan fingerprint density at radius 3 is 2.30 bits per heavy atom. The summed E-state index contributed by atoms with van der Waals surface area (Å²) in [4.78, 5) is 45.7. The number of imide groups is 1. The first-order chi connectivity index (χ1) is 12.5. The van der Waals surface area contributed by atoms with Crippen molar-refractivity contribution < 1.29 is 37.1 Å². The van der Waals surface area contributed by atoms with Gasteiger partial charge in [-0.1, -0.05) is 6.07 Å². The molecular weight excluding hydrogens is 371 g/mol. The number of esters is 1. The molecule has 0 heterocycles. The monoisotopic (exact) mass is 389 g/mol. The van der Waals surface area contributed by atoms with E-state index in [1.165, 1.54) is 5.32 Å². The topological polar surface area (TPSA) is 114 Å². The van der Waals surface area contributed by atoms with E-state index in [-0.39, 0.29) is 0 Å². The second-order valence-corrected chi connectivity index (χ2v) is 5.49. The van der Waals surface area contributed by atoms with Crippen LogP contribution in [0.4, 0.5) is 18.0 Å². The van der Waals surface area contributed by atoms with Crippen LogP contribution in [0.2, 0.25) is 0 Å². The van der Waals surface area contributed by atoms with Crippen LogP contribution in [-0.2, 0) is 14.3 Å². The average Bonchev–Trinajstić information content (AvgIpc) is 2.57. The molecule has 0 aliphatic carbocycles. The number of carbonyl (C=O) groups excluding carboxylic acids is 4. The van der Waals surface area contributed by atoms with E-state index in [9.17, 15) is 32.3 Å². The van der Waals surface area contributed by atoms with Crippen molar-refractivity contribution in [3.63, 3.8) is 0 Å². The highest BCUT2D eigenvalue weighted by atomic mass is 19.4. The summed E-state index contributed by atoms with van der Waals surface area (Å²) in [7, 11) is 0. The summed E-state index contributed by atoms with van der Waals surface area (Å²) in [5.74, 6) is -2.60. The molecule has 0 fully saturated rings. The Bertz CT molecular complexity index is 735. The first kappa shape index (κ1) is 21.9. The third-order valence-corrected chi connectivity index (χ3v) is 3.23. The van der Waals surface area contributed by atoms with Crippen molar-refractivity contribution in [3.8, 4) is 0 Å². The third kappa shape index (κ3) is 8.70. The summed E-state index contributed by atoms with van der Waals surface area (Å²) in [6.07, 6.45) is -4.62. The summed E-state index contributed by atoms with van der Waals surface area (Å²) in [6, 6.07) is 3.59. The van der Waals surface area contributed by atoms with Gasteiger partial charge in [-0.3, -0.25) is 19.7 Å². The summed E-state index contributed by atoms with van der Waals surface area (Å²) >= 11 is 0. The Morgan fingerprint density at radius 2 is 1.70 bits per heavy atom. The second-order valence-electron chi connectivity index (χ2n) is 5.49. The number of benzene rings is 1. The lowest BCUT2D eigenvalue weighted by Gasteiger charge is -2.10. The molecule has 0 saturated heterocycles. The van der Waals surface area contributed by atoms with Gasteiger partial charge in [0, 0.05) is 5.56 Å². The quantitative estimate of drug-likeness (QED) is 0.628. The molecule has 0 atom stereocenters. The van der Waals surface area contributed by atoms with Crippen LogP contribution in [0.15, 0.2) is 18.2 Å². The largest absolute Gasteiger partial charge is 0.454 e. The van der Waals surface area contributed by atoms with E-state index in [1.807, 2.05) is 13.8 Å². The zero-order chi connectivity index (χ0) is 20.6. The van der Waals surface area contributed by atoms with Crippen LogP contribution in [0.3, 0.4) is 0 Å². The maximum absolute atomic E-state index is 11.9. The van der Waals surface area contributed by atoms with Gasteiger partial charge in [-0.25, -0.2) is 4.79 Å². The number of amides is 4. The standard InChI is InChI=1S/C16H18F3N3O5/c1-9-3-4-11(5-10(9)2)14(25)20-6-13(24)27-7-12(23)22-15(26)21-8-16(17,18)19/h3-5H,6-8H2,1-2H3,(H,20,25)(H2,21,22,23,26). The highest BCUT2D eigenvalue weighted by Crippen LogP contribution is 2.12. The minimum atomic E-state index is -4.62. The SMILES string of the molecule is Cc1ccc(C(=O)NCC(=O)OCC(=O)NC(=O)NCC(F)(F)F)cc1C. The van der Waals surface area contributed by atoms with Crippen molar-refractivity contribution in [2.45, 2.75) is 20.0 Å². The molecule has 0 saturated carbocycles. The summed E-state index contributed by atoms with van der Waals surface area (Å²) in [5, 5.41) is 5.27. The molecule has 0 bridgehead atoms. The Morgan fingerprint density at radius 1 is 1.04 bits per heavy atom. The van der Waals surface area contributed by atoms with E-state index < -0.39 is 49.7 Å². The summed E-state index contributed by atoms with van der Waals surface area (Å²) in [6.45, 7) is 0.667. The van der Waals surface area contributed by atoms with Crippen molar-refractivity contribution in [2.24, 2.45) is 0 Å². The number of rotatable bonds is 6. The average molecular weight is 389 g/mol. The number of hydrogen-bond acceptors (Lipinski definition) is 5. The van der Waals surface area contributed by atoms with Crippen LogP contribution in [0, 0.1) is 13.8 Å². The molecule has 11 heteroatoms. The molecule has 0 aliphatic heterocycles. The number of aryl methyl sites for hydroxylation is 2. The van der Waals surface area contributed by atoms with Crippen molar-refractivity contribution in [2.75, 3.05) is 19.7 Å².